The third-order valence-corrected chi connectivity index (χ3v) is 5.98. The van der Waals surface area contributed by atoms with Crippen molar-refractivity contribution in [3.8, 4) is 17.1 Å². The minimum atomic E-state index is -0.0622. The molecule has 7 heteroatoms. The average Bonchev–Trinajstić information content (AvgIpc) is 3.24. The van der Waals surface area contributed by atoms with Crippen molar-refractivity contribution in [1.82, 2.24) is 15.0 Å². The van der Waals surface area contributed by atoms with Crippen LogP contribution in [0.2, 0.25) is 0 Å². The number of aryl methyl sites for hydroxylation is 3. The number of anilines is 1. The molecule has 4 rings (SSSR count). The van der Waals surface area contributed by atoms with E-state index in [0.717, 1.165) is 47.5 Å². The zero-order valence-electron chi connectivity index (χ0n) is 19.1. The number of aromatic nitrogens is 2. The smallest absolute Gasteiger partial charge is 0.241 e. The Morgan fingerprint density at radius 3 is 2.59 bits per heavy atom. The molecule has 0 radical (unpaired) electrons. The molecule has 3 aromatic rings. The van der Waals surface area contributed by atoms with Crippen molar-refractivity contribution in [1.29, 1.82) is 0 Å². The molecule has 0 aliphatic carbocycles. The molecule has 0 saturated carbocycles. The maximum absolute atomic E-state index is 13.0. The monoisotopic (exact) mass is 434 g/mol. The average molecular weight is 435 g/mol. The van der Waals surface area contributed by atoms with E-state index in [1.807, 2.05) is 38.1 Å². The zero-order valence-corrected chi connectivity index (χ0v) is 19.1. The zero-order chi connectivity index (χ0) is 22.7. The van der Waals surface area contributed by atoms with Gasteiger partial charge in [-0.25, -0.2) is 0 Å². The van der Waals surface area contributed by atoms with E-state index >= 15 is 0 Å². The number of nitrogens with one attached hydrogen (secondary N) is 1. The van der Waals surface area contributed by atoms with Crippen LogP contribution in [0.3, 0.4) is 0 Å². The number of hydrogen-bond donors (Lipinski definition) is 1. The summed E-state index contributed by atoms with van der Waals surface area (Å²) in [6, 6.07) is 11.8. The van der Waals surface area contributed by atoms with Crippen LogP contribution in [0.5, 0.6) is 5.75 Å². The quantitative estimate of drug-likeness (QED) is 0.614. The van der Waals surface area contributed by atoms with Crippen LogP contribution in [0.1, 0.15) is 35.4 Å². The standard InChI is InChI=1S/C25H30N4O3/c1-16-12-17(2)23(18(3)13-16)27-25(30)20-6-5-11-29(14-20)15-22-26-24(28-32-22)19-7-9-21(31-4)10-8-19/h7-10,12-13,20H,5-6,11,14-15H2,1-4H3,(H,27,30). The highest BCUT2D eigenvalue weighted by molar-refractivity contribution is 5.94. The molecule has 1 atom stereocenters. The van der Waals surface area contributed by atoms with Crippen molar-refractivity contribution in [2.24, 2.45) is 5.92 Å². The molecule has 1 aliphatic heterocycles. The first kappa shape index (κ1) is 22.0. The van der Waals surface area contributed by atoms with E-state index in [1.54, 1.807) is 7.11 Å². The Balaban J connectivity index is 1.38. The highest BCUT2D eigenvalue weighted by atomic mass is 16.5. The fourth-order valence-electron chi connectivity index (χ4n) is 4.38. The maximum atomic E-state index is 13.0. The predicted molar refractivity (Wildman–Crippen MR) is 124 cm³/mol. The molecular weight excluding hydrogens is 404 g/mol. The number of carbonyl (C=O) groups excluding carboxylic acids is 1. The van der Waals surface area contributed by atoms with Gasteiger partial charge in [-0.1, -0.05) is 22.9 Å². The van der Waals surface area contributed by atoms with E-state index in [4.69, 9.17) is 9.26 Å². The first-order chi connectivity index (χ1) is 15.4. The van der Waals surface area contributed by atoms with Crippen molar-refractivity contribution in [2.45, 2.75) is 40.2 Å². The first-order valence-corrected chi connectivity index (χ1v) is 11.0. The van der Waals surface area contributed by atoms with Gasteiger partial charge in [-0.05, 0) is 75.5 Å². The lowest BCUT2D eigenvalue weighted by Crippen LogP contribution is -2.40. The van der Waals surface area contributed by atoms with Crippen molar-refractivity contribution >= 4 is 11.6 Å². The van der Waals surface area contributed by atoms with Crippen molar-refractivity contribution < 1.29 is 14.1 Å². The Kier molecular flexibility index (Phi) is 6.55. The number of carbonyl (C=O) groups is 1. The number of hydrogen-bond acceptors (Lipinski definition) is 6. The largest absolute Gasteiger partial charge is 0.497 e. The summed E-state index contributed by atoms with van der Waals surface area (Å²) in [6.07, 6.45) is 1.84. The summed E-state index contributed by atoms with van der Waals surface area (Å²) in [5.74, 6) is 1.91. The van der Waals surface area contributed by atoms with Gasteiger partial charge in [-0.2, -0.15) is 4.98 Å². The van der Waals surface area contributed by atoms with Crippen LogP contribution in [-0.4, -0.2) is 41.1 Å². The number of benzene rings is 2. The van der Waals surface area contributed by atoms with Gasteiger partial charge in [0.25, 0.3) is 0 Å². The molecule has 168 valence electrons. The minimum Gasteiger partial charge on any atom is -0.497 e. The summed E-state index contributed by atoms with van der Waals surface area (Å²) >= 11 is 0. The van der Waals surface area contributed by atoms with E-state index in [2.05, 4.69) is 39.4 Å². The topological polar surface area (TPSA) is 80.5 Å². The molecular formula is C25H30N4O3. The molecule has 0 spiro atoms. The fourth-order valence-corrected chi connectivity index (χ4v) is 4.38. The van der Waals surface area contributed by atoms with Gasteiger partial charge in [-0.3, -0.25) is 9.69 Å². The van der Waals surface area contributed by atoms with Gasteiger partial charge in [0.2, 0.25) is 17.6 Å². The summed E-state index contributed by atoms with van der Waals surface area (Å²) in [5.41, 5.74) is 5.20. The van der Waals surface area contributed by atoms with Gasteiger partial charge in [0.05, 0.1) is 19.6 Å². The van der Waals surface area contributed by atoms with Gasteiger partial charge in [0, 0.05) is 17.8 Å². The van der Waals surface area contributed by atoms with Crippen LogP contribution >= 0.6 is 0 Å². The Bertz CT molecular complexity index is 1070. The summed E-state index contributed by atoms with van der Waals surface area (Å²) in [6.45, 7) is 8.28. The number of methoxy groups -OCH3 is 1. The highest BCUT2D eigenvalue weighted by Gasteiger charge is 2.27. The number of ether oxygens (including phenoxy) is 1. The molecule has 1 amide bonds. The van der Waals surface area contributed by atoms with Crippen molar-refractivity contribution in [2.75, 3.05) is 25.5 Å². The van der Waals surface area contributed by atoms with Gasteiger partial charge >= 0.3 is 0 Å². The lowest BCUT2D eigenvalue weighted by atomic mass is 9.96. The molecule has 1 aliphatic rings. The van der Waals surface area contributed by atoms with Crippen LogP contribution in [0.4, 0.5) is 5.69 Å². The SMILES string of the molecule is COc1ccc(-c2noc(CN3CCCC(C(=O)Nc4c(C)cc(C)cc4C)C3)n2)cc1. The van der Waals surface area contributed by atoms with Crippen LogP contribution < -0.4 is 10.1 Å². The van der Waals surface area contributed by atoms with E-state index < -0.39 is 0 Å². The summed E-state index contributed by atoms with van der Waals surface area (Å²) in [7, 11) is 1.64. The van der Waals surface area contributed by atoms with Crippen LogP contribution in [0.15, 0.2) is 40.9 Å². The van der Waals surface area contributed by atoms with Crippen LogP contribution in [0, 0.1) is 26.7 Å². The molecule has 1 saturated heterocycles. The second kappa shape index (κ2) is 9.53. The Morgan fingerprint density at radius 1 is 1.19 bits per heavy atom. The Hall–Kier alpha value is -3.19. The van der Waals surface area contributed by atoms with E-state index in [0.29, 0.717) is 24.8 Å². The van der Waals surface area contributed by atoms with E-state index in [-0.39, 0.29) is 11.8 Å². The highest BCUT2D eigenvalue weighted by Crippen LogP contribution is 2.26. The third kappa shape index (κ3) is 4.99. The van der Waals surface area contributed by atoms with Crippen LogP contribution in [0.25, 0.3) is 11.4 Å². The van der Waals surface area contributed by atoms with E-state index in [9.17, 15) is 4.79 Å². The molecule has 1 fully saturated rings. The number of piperidine rings is 1. The first-order valence-electron chi connectivity index (χ1n) is 11.0. The normalized spacial score (nSPS) is 16.7. The maximum Gasteiger partial charge on any atom is 0.241 e. The van der Waals surface area contributed by atoms with E-state index in [1.165, 1.54) is 5.56 Å². The summed E-state index contributed by atoms with van der Waals surface area (Å²) in [5, 5.41) is 7.28. The van der Waals surface area contributed by atoms with Gasteiger partial charge in [0.1, 0.15) is 5.75 Å². The lowest BCUT2D eigenvalue weighted by Gasteiger charge is -2.31. The lowest BCUT2D eigenvalue weighted by molar-refractivity contribution is -0.121. The van der Waals surface area contributed by atoms with Gasteiger partial charge in [-0.15, -0.1) is 0 Å². The minimum absolute atomic E-state index is 0.0622. The molecule has 1 aromatic heterocycles. The number of amides is 1. The molecule has 1 unspecified atom stereocenters. The van der Waals surface area contributed by atoms with Gasteiger partial charge in [0.15, 0.2) is 0 Å². The molecule has 0 bridgehead atoms. The Labute approximate surface area is 188 Å². The molecule has 7 nitrogen and oxygen atoms in total. The number of rotatable bonds is 6. The van der Waals surface area contributed by atoms with Crippen molar-refractivity contribution in [3.05, 3.63) is 59.0 Å². The fraction of sp³-hybridized carbons (Fsp3) is 0.400. The molecule has 2 aromatic carbocycles. The van der Waals surface area contributed by atoms with Crippen LogP contribution in [-0.2, 0) is 11.3 Å². The third-order valence-electron chi connectivity index (χ3n) is 5.98. The second-order valence-electron chi connectivity index (χ2n) is 8.58. The molecule has 1 N–H and O–H groups in total. The predicted octanol–water partition coefficient (Wildman–Crippen LogP) is 4.52. The van der Waals surface area contributed by atoms with Gasteiger partial charge < -0.3 is 14.6 Å². The molecule has 2 heterocycles. The Morgan fingerprint density at radius 2 is 1.91 bits per heavy atom. The summed E-state index contributed by atoms with van der Waals surface area (Å²) in [4.78, 5) is 19.8. The number of likely N-dealkylation sites (tertiary alicyclic amines) is 1. The van der Waals surface area contributed by atoms with Crippen molar-refractivity contribution in [3.63, 3.8) is 0 Å². The molecule has 32 heavy (non-hydrogen) atoms. The summed E-state index contributed by atoms with van der Waals surface area (Å²) < 4.78 is 10.7. The second-order valence-corrected chi connectivity index (χ2v) is 8.58. The number of nitrogens with zero attached hydrogens (tertiary/aromatic N) is 3.